The Kier molecular flexibility index (Phi) is 12.5. The fourth-order valence-electron chi connectivity index (χ4n) is 7.34. The number of aryl methyl sites for hydroxylation is 2. The Morgan fingerprint density at radius 1 is 0.632 bits per heavy atom. The minimum absolute atomic E-state index is 0.0119. The molecule has 2 aliphatic heterocycles. The van der Waals surface area contributed by atoms with Crippen LogP contribution >= 0.6 is 0 Å². The number of esters is 4. The molecule has 1 atom stereocenters. The SMILES string of the molecule is COC(=O)CCc1c(CC(=O)OC)c2cc3nc(cc4nc(cc5[nH]c(cc1[nH]2)c(CCC(=O)OC)c5CC(=O)OC)C(C)(C)C4[Se]c1ccccc1)C(C)=C3C. The second-order valence-electron chi connectivity index (χ2n) is 14.6. The molecule has 1 aromatic carbocycles. The van der Waals surface area contributed by atoms with Crippen LogP contribution in [0.5, 0.6) is 0 Å². The van der Waals surface area contributed by atoms with Gasteiger partial charge in [-0.15, -0.1) is 0 Å². The van der Waals surface area contributed by atoms with Gasteiger partial charge in [0, 0.05) is 0 Å². The van der Waals surface area contributed by atoms with Crippen molar-refractivity contribution in [1.29, 1.82) is 0 Å². The normalized spacial score (nSPS) is 14.6. The predicted molar refractivity (Wildman–Crippen MR) is 219 cm³/mol. The van der Waals surface area contributed by atoms with Gasteiger partial charge in [0.1, 0.15) is 0 Å². The summed E-state index contributed by atoms with van der Waals surface area (Å²) < 4.78 is 21.6. The molecule has 298 valence electrons. The number of carbonyl (C=O) groups is 4. The van der Waals surface area contributed by atoms with E-state index in [0.717, 1.165) is 39.5 Å². The Balaban J connectivity index is 1.77. The van der Waals surface area contributed by atoms with Crippen molar-refractivity contribution >= 4 is 76.5 Å². The van der Waals surface area contributed by atoms with Gasteiger partial charge in [-0.1, -0.05) is 0 Å². The van der Waals surface area contributed by atoms with E-state index in [2.05, 4.69) is 61.1 Å². The molecule has 12 nitrogen and oxygen atoms in total. The summed E-state index contributed by atoms with van der Waals surface area (Å²) in [5.41, 5.74) is 10.1. The standard InChI is InChI=1S/C44H48N4O8Se/c1-24-25(2)32-21-37-43(57-26-12-10-9-11-13-26)44(3,4)38(48-37)23-36-30(19-42(52)56-8)28(15-17-40(50)54-6)34(47-36)22-33-27(14-16-39(49)53-5)29(18-41(51)55-7)35(46-33)20-31(24)45-32/h9-13,20-23,43,46-47H,14-19H2,1-8H3. The third-order valence-electron chi connectivity index (χ3n) is 10.8. The molecule has 57 heavy (non-hydrogen) atoms. The van der Waals surface area contributed by atoms with Crippen LogP contribution in [-0.4, -0.2) is 87.2 Å². The molecular formula is C44H48N4O8Se. The Hall–Kier alpha value is -5.52. The van der Waals surface area contributed by atoms with Crippen LogP contribution in [0.2, 0.25) is 0 Å². The molecule has 6 rings (SSSR count). The Morgan fingerprint density at radius 2 is 1.11 bits per heavy atom. The summed E-state index contributed by atoms with van der Waals surface area (Å²) in [6, 6.07) is 18.4. The molecular weight excluding hydrogens is 791 g/mol. The first-order valence-electron chi connectivity index (χ1n) is 18.7. The molecule has 2 aliphatic rings. The average Bonchev–Trinajstić information content (AvgIpc) is 3.85. The monoisotopic (exact) mass is 840 g/mol. The first-order chi connectivity index (χ1) is 27.3. The zero-order valence-electron chi connectivity index (χ0n) is 33.6. The molecule has 0 radical (unpaired) electrons. The Labute approximate surface area is 338 Å². The van der Waals surface area contributed by atoms with Gasteiger partial charge < -0.3 is 4.74 Å². The molecule has 0 fully saturated rings. The molecule has 0 spiro atoms. The minimum atomic E-state index is -0.450. The van der Waals surface area contributed by atoms with Gasteiger partial charge in [0.2, 0.25) is 0 Å². The van der Waals surface area contributed by atoms with Crippen molar-refractivity contribution in [2.75, 3.05) is 28.4 Å². The number of ether oxygens (including phenoxy) is 4. The van der Waals surface area contributed by atoms with Gasteiger partial charge in [0.05, 0.1) is 14.2 Å². The molecule has 3 aromatic heterocycles. The average molecular weight is 840 g/mol. The van der Waals surface area contributed by atoms with Gasteiger partial charge in [0.25, 0.3) is 0 Å². The van der Waals surface area contributed by atoms with Gasteiger partial charge in [-0.3, -0.25) is 4.79 Å². The number of aromatic nitrogens is 4. The zero-order valence-corrected chi connectivity index (χ0v) is 35.3. The van der Waals surface area contributed by atoms with Crippen LogP contribution in [0.1, 0.15) is 90.4 Å². The topological polar surface area (TPSA) is 163 Å². The molecule has 0 saturated carbocycles. The van der Waals surface area contributed by atoms with Crippen molar-refractivity contribution in [3.05, 3.63) is 99.6 Å². The van der Waals surface area contributed by atoms with Crippen LogP contribution in [0.25, 0.3) is 33.2 Å². The zero-order chi connectivity index (χ0) is 41.0. The third-order valence-corrected chi connectivity index (χ3v) is 14.2. The van der Waals surface area contributed by atoms with E-state index in [-0.39, 0.29) is 58.3 Å². The van der Waals surface area contributed by atoms with Crippen LogP contribution in [-0.2, 0) is 69.2 Å². The summed E-state index contributed by atoms with van der Waals surface area (Å²) in [4.78, 5) is 68.8. The quantitative estimate of drug-likeness (QED) is 0.0990. The van der Waals surface area contributed by atoms with Gasteiger partial charge in [-0.2, -0.15) is 0 Å². The van der Waals surface area contributed by atoms with Gasteiger partial charge in [-0.25, -0.2) is 0 Å². The molecule has 0 saturated heterocycles. The first kappa shape index (κ1) is 41.1. The van der Waals surface area contributed by atoms with Gasteiger partial charge in [0.15, 0.2) is 0 Å². The number of hydrogen-bond donors (Lipinski definition) is 2. The van der Waals surface area contributed by atoms with E-state index in [4.69, 9.17) is 28.9 Å². The van der Waals surface area contributed by atoms with Crippen molar-refractivity contribution < 1.29 is 38.1 Å². The molecule has 4 aromatic rings. The number of fused-ring (bicyclic) bond motifs is 8. The third kappa shape index (κ3) is 8.74. The van der Waals surface area contributed by atoms with Crippen molar-refractivity contribution in [2.45, 2.75) is 76.5 Å². The van der Waals surface area contributed by atoms with E-state index in [1.165, 1.54) is 32.9 Å². The maximum atomic E-state index is 13.1. The second-order valence-corrected chi connectivity index (χ2v) is 17.1. The van der Waals surface area contributed by atoms with E-state index in [1.54, 1.807) is 0 Å². The molecule has 0 amide bonds. The second kappa shape index (κ2) is 17.3. The summed E-state index contributed by atoms with van der Waals surface area (Å²) >= 11 is -0.0119. The molecule has 0 aliphatic carbocycles. The number of rotatable bonds is 12. The van der Waals surface area contributed by atoms with E-state index in [9.17, 15) is 19.2 Å². The van der Waals surface area contributed by atoms with Crippen LogP contribution in [0.4, 0.5) is 0 Å². The summed E-state index contributed by atoms with van der Waals surface area (Å²) in [7, 11) is 5.36. The predicted octanol–water partition coefficient (Wildman–Crippen LogP) is 5.96. The van der Waals surface area contributed by atoms with E-state index in [0.29, 0.717) is 38.8 Å². The number of nitrogens with zero attached hydrogens (tertiary/aromatic N) is 2. The number of methoxy groups -OCH3 is 4. The van der Waals surface area contributed by atoms with Crippen molar-refractivity contribution in [3.8, 4) is 0 Å². The molecule has 2 N–H and O–H groups in total. The summed E-state index contributed by atoms with van der Waals surface area (Å²) in [5.74, 6) is -1.70. The fourth-order valence-corrected chi connectivity index (χ4v) is 9.95. The summed E-state index contributed by atoms with van der Waals surface area (Å²) in [5, 5.41) is 0. The molecule has 1 unspecified atom stereocenters. The van der Waals surface area contributed by atoms with Crippen molar-refractivity contribution in [3.63, 3.8) is 0 Å². The van der Waals surface area contributed by atoms with E-state index >= 15 is 0 Å². The van der Waals surface area contributed by atoms with Crippen molar-refractivity contribution in [2.24, 2.45) is 0 Å². The Bertz CT molecular complexity index is 2430. The molecule has 13 heteroatoms. The van der Waals surface area contributed by atoms with Crippen molar-refractivity contribution in [1.82, 2.24) is 19.9 Å². The molecule has 5 heterocycles. The van der Waals surface area contributed by atoms with Gasteiger partial charge >= 0.3 is 315 Å². The van der Waals surface area contributed by atoms with E-state index in [1.807, 2.05) is 31.2 Å². The number of benzene rings is 1. The maximum absolute atomic E-state index is 13.1. The number of H-pyrrole nitrogens is 2. The summed E-state index contributed by atoms with van der Waals surface area (Å²) in [6.45, 7) is 8.48. The number of nitrogens with one attached hydrogen (secondary N) is 2. The number of allylic oxidation sites excluding steroid dienone is 2. The Morgan fingerprint density at radius 3 is 1.61 bits per heavy atom. The molecule has 8 bridgehead atoms. The number of carbonyl (C=O) groups excluding carboxylic acids is 4. The van der Waals surface area contributed by atoms with Crippen LogP contribution in [0, 0.1) is 0 Å². The fraction of sp³-hybridized carbons (Fsp3) is 0.364. The number of aromatic amines is 2. The van der Waals surface area contributed by atoms with Crippen LogP contribution < -0.4 is 4.46 Å². The van der Waals surface area contributed by atoms with Crippen LogP contribution in [0.15, 0.2) is 54.6 Å². The van der Waals surface area contributed by atoms with Crippen LogP contribution in [0.3, 0.4) is 0 Å². The first-order valence-corrected chi connectivity index (χ1v) is 20.6. The van der Waals surface area contributed by atoms with E-state index < -0.39 is 29.3 Å². The van der Waals surface area contributed by atoms with Gasteiger partial charge in [-0.05, 0) is 0 Å². The summed E-state index contributed by atoms with van der Waals surface area (Å²) in [6.07, 6.45) is 0.476. The number of hydrogen-bond acceptors (Lipinski definition) is 10.